The second-order valence-electron chi connectivity index (χ2n) is 3.14. The number of hydrogen-bond acceptors (Lipinski definition) is 3. The number of nitrogens with zero attached hydrogens (tertiary/aromatic N) is 1. The summed E-state index contributed by atoms with van der Waals surface area (Å²) in [6.07, 6.45) is 3.08. The summed E-state index contributed by atoms with van der Waals surface area (Å²) in [5.41, 5.74) is 0. The molecule has 1 rings (SSSR count). The van der Waals surface area contributed by atoms with Crippen LogP contribution in [0.15, 0.2) is 4.99 Å². The number of rotatable bonds is 4. The number of nitrogens with one attached hydrogen (secondary N) is 2. The van der Waals surface area contributed by atoms with Gasteiger partial charge in [-0.2, -0.15) is 0 Å². The summed E-state index contributed by atoms with van der Waals surface area (Å²) in [6, 6.07) is 0. The number of carbonyl (C=O) groups excluding carboxylic acids is 1. The van der Waals surface area contributed by atoms with Crippen LogP contribution >= 0.6 is 0 Å². The molecule has 2 N–H and O–H groups in total. The molecular weight excluding hydrogens is 166 g/mol. The monoisotopic (exact) mass is 183 g/mol. The van der Waals surface area contributed by atoms with Crippen LogP contribution in [0.5, 0.6) is 0 Å². The molecule has 1 aliphatic heterocycles. The third kappa shape index (κ3) is 3.92. The van der Waals surface area contributed by atoms with Crippen molar-refractivity contribution in [2.45, 2.75) is 26.2 Å². The first-order valence-electron chi connectivity index (χ1n) is 4.87. The zero-order chi connectivity index (χ0) is 9.52. The molecule has 0 aromatic carbocycles. The van der Waals surface area contributed by atoms with Gasteiger partial charge in [0.25, 0.3) is 0 Å². The van der Waals surface area contributed by atoms with Gasteiger partial charge in [-0.25, -0.2) is 0 Å². The fourth-order valence-corrected chi connectivity index (χ4v) is 1.19. The van der Waals surface area contributed by atoms with Crippen molar-refractivity contribution < 1.29 is 4.79 Å². The van der Waals surface area contributed by atoms with E-state index >= 15 is 0 Å². The molecule has 0 spiro atoms. The van der Waals surface area contributed by atoms with Crippen LogP contribution in [0.2, 0.25) is 0 Å². The molecule has 0 unspecified atom stereocenters. The number of hydrogen-bond donors (Lipinski definition) is 2. The number of amidine groups is 1. The molecule has 0 fully saturated rings. The molecule has 0 aliphatic carbocycles. The predicted molar refractivity (Wildman–Crippen MR) is 52.8 cm³/mol. The third-order valence-electron chi connectivity index (χ3n) is 1.90. The summed E-state index contributed by atoms with van der Waals surface area (Å²) in [6.45, 7) is 4.06. The Morgan fingerprint density at radius 3 is 3.08 bits per heavy atom. The Labute approximate surface area is 78.8 Å². The van der Waals surface area contributed by atoms with Gasteiger partial charge in [0.1, 0.15) is 0 Å². The van der Waals surface area contributed by atoms with Gasteiger partial charge in [-0.15, -0.1) is 0 Å². The smallest absolute Gasteiger partial charge is 0.239 e. The summed E-state index contributed by atoms with van der Waals surface area (Å²) >= 11 is 0. The van der Waals surface area contributed by atoms with E-state index in [4.69, 9.17) is 0 Å². The van der Waals surface area contributed by atoms with Crippen molar-refractivity contribution in [1.29, 1.82) is 0 Å². The zero-order valence-electron chi connectivity index (χ0n) is 8.10. The van der Waals surface area contributed by atoms with Crippen LogP contribution in [-0.4, -0.2) is 31.4 Å². The van der Waals surface area contributed by atoms with E-state index in [1.165, 1.54) is 0 Å². The molecule has 4 heteroatoms. The maximum absolute atomic E-state index is 11.1. The molecule has 0 atom stereocenters. The third-order valence-corrected chi connectivity index (χ3v) is 1.90. The molecule has 1 heterocycles. The minimum absolute atomic E-state index is 0.0523. The molecule has 0 saturated heterocycles. The molecule has 74 valence electrons. The van der Waals surface area contributed by atoms with Gasteiger partial charge < -0.3 is 10.6 Å². The highest BCUT2D eigenvalue weighted by molar-refractivity contribution is 5.88. The summed E-state index contributed by atoms with van der Waals surface area (Å²) in [5.74, 6) is 1.03. The van der Waals surface area contributed by atoms with E-state index in [1.807, 2.05) is 6.92 Å². The van der Waals surface area contributed by atoms with Crippen LogP contribution in [0, 0.1) is 0 Å². The number of carbonyl (C=O) groups is 1. The summed E-state index contributed by atoms with van der Waals surface area (Å²) in [4.78, 5) is 15.3. The maximum Gasteiger partial charge on any atom is 0.239 e. The van der Waals surface area contributed by atoms with Crippen LogP contribution in [0.4, 0.5) is 0 Å². The van der Waals surface area contributed by atoms with Gasteiger partial charge >= 0.3 is 0 Å². The molecule has 0 bridgehead atoms. The first-order valence-corrected chi connectivity index (χ1v) is 4.87. The van der Waals surface area contributed by atoms with E-state index in [9.17, 15) is 4.79 Å². The van der Waals surface area contributed by atoms with Gasteiger partial charge in [0.2, 0.25) is 5.91 Å². The minimum Gasteiger partial charge on any atom is -0.365 e. The van der Waals surface area contributed by atoms with E-state index in [0.29, 0.717) is 6.54 Å². The van der Waals surface area contributed by atoms with Crippen molar-refractivity contribution in [3.05, 3.63) is 0 Å². The Balaban J connectivity index is 2.07. The van der Waals surface area contributed by atoms with Crippen LogP contribution in [-0.2, 0) is 4.79 Å². The van der Waals surface area contributed by atoms with Crippen molar-refractivity contribution in [3.63, 3.8) is 0 Å². The minimum atomic E-state index is 0.0523. The van der Waals surface area contributed by atoms with Crippen molar-refractivity contribution in [1.82, 2.24) is 10.6 Å². The lowest BCUT2D eigenvalue weighted by molar-refractivity contribution is -0.119. The average molecular weight is 183 g/mol. The highest BCUT2D eigenvalue weighted by Crippen LogP contribution is 2.00. The molecule has 0 aromatic heterocycles. The highest BCUT2D eigenvalue weighted by Gasteiger charge is 2.06. The second-order valence-corrected chi connectivity index (χ2v) is 3.14. The molecule has 0 radical (unpaired) electrons. The lowest BCUT2D eigenvalue weighted by Gasteiger charge is -2.05. The van der Waals surface area contributed by atoms with Crippen molar-refractivity contribution >= 4 is 11.7 Å². The van der Waals surface area contributed by atoms with E-state index in [1.54, 1.807) is 0 Å². The molecule has 1 aliphatic rings. The van der Waals surface area contributed by atoms with Gasteiger partial charge in [-0.3, -0.25) is 9.79 Å². The Bertz CT molecular complexity index is 201. The standard InChI is InChI=1S/C9H17N3O/c1-2-5-11-9(13)7-12-8-4-3-6-10-8/h2-7H2,1H3,(H,10,12)(H,11,13). The molecule has 0 saturated carbocycles. The van der Waals surface area contributed by atoms with Crippen molar-refractivity contribution in [2.75, 3.05) is 19.6 Å². The average Bonchev–Trinajstić information content (AvgIpc) is 2.64. The summed E-state index contributed by atoms with van der Waals surface area (Å²) < 4.78 is 0. The maximum atomic E-state index is 11.1. The Morgan fingerprint density at radius 2 is 2.46 bits per heavy atom. The molecular formula is C9H17N3O. The van der Waals surface area contributed by atoms with Gasteiger partial charge in [-0.1, -0.05) is 6.92 Å². The summed E-state index contributed by atoms with van der Waals surface area (Å²) in [5, 5.41) is 5.83. The van der Waals surface area contributed by atoms with E-state index in [-0.39, 0.29) is 5.91 Å². The molecule has 13 heavy (non-hydrogen) atoms. The van der Waals surface area contributed by atoms with Gasteiger partial charge in [0, 0.05) is 19.5 Å². The zero-order valence-corrected chi connectivity index (χ0v) is 8.10. The topological polar surface area (TPSA) is 53.5 Å². The van der Waals surface area contributed by atoms with Gasteiger partial charge in [0.05, 0.1) is 12.4 Å². The molecule has 4 nitrogen and oxygen atoms in total. The first kappa shape index (κ1) is 10.0. The Hall–Kier alpha value is -1.06. The summed E-state index contributed by atoms with van der Waals surface area (Å²) in [7, 11) is 0. The normalized spacial score (nSPS) is 15.3. The Morgan fingerprint density at radius 1 is 1.62 bits per heavy atom. The van der Waals surface area contributed by atoms with Crippen molar-refractivity contribution in [2.24, 2.45) is 4.99 Å². The first-order chi connectivity index (χ1) is 6.33. The lowest BCUT2D eigenvalue weighted by atomic mass is 10.3. The van der Waals surface area contributed by atoms with Gasteiger partial charge in [-0.05, 0) is 12.8 Å². The van der Waals surface area contributed by atoms with Crippen LogP contribution in [0.3, 0.4) is 0 Å². The Kier molecular flexibility index (Phi) is 4.29. The fourth-order valence-electron chi connectivity index (χ4n) is 1.19. The van der Waals surface area contributed by atoms with Crippen LogP contribution < -0.4 is 10.6 Å². The largest absolute Gasteiger partial charge is 0.365 e. The predicted octanol–water partition coefficient (Wildman–Crippen LogP) is 0.294. The molecule has 0 aromatic rings. The second kappa shape index (κ2) is 5.56. The quantitative estimate of drug-likeness (QED) is 0.658. The van der Waals surface area contributed by atoms with Gasteiger partial charge in [0.15, 0.2) is 0 Å². The SMILES string of the molecule is CCCNC(=O)CNC1=NCCC1. The van der Waals surface area contributed by atoms with Crippen LogP contribution in [0.25, 0.3) is 0 Å². The van der Waals surface area contributed by atoms with E-state index in [2.05, 4.69) is 15.6 Å². The van der Waals surface area contributed by atoms with E-state index in [0.717, 1.165) is 38.2 Å². The highest BCUT2D eigenvalue weighted by atomic mass is 16.1. The van der Waals surface area contributed by atoms with E-state index < -0.39 is 0 Å². The lowest BCUT2D eigenvalue weighted by Crippen LogP contribution is -2.36. The fraction of sp³-hybridized carbons (Fsp3) is 0.778. The van der Waals surface area contributed by atoms with Crippen LogP contribution in [0.1, 0.15) is 26.2 Å². The van der Waals surface area contributed by atoms with Crippen molar-refractivity contribution in [3.8, 4) is 0 Å². The number of aliphatic imine (C=N–C) groups is 1. The number of amides is 1. The molecule has 1 amide bonds.